The molecule has 0 bridgehead atoms. The Morgan fingerprint density at radius 1 is 1.16 bits per heavy atom. The molecule has 0 unspecified atom stereocenters. The summed E-state index contributed by atoms with van der Waals surface area (Å²) < 4.78 is 5.31. The quantitative estimate of drug-likeness (QED) is 0.818. The van der Waals surface area contributed by atoms with Crippen molar-refractivity contribution in [3.8, 4) is 5.75 Å². The van der Waals surface area contributed by atoms with E-state index in [-0.39, 0.29) is 11.2 Å². The first-order valence-electron chi connectivity index (χ1n) is 8.79. The van der Waals surface area contributed by atoms with E-state index >= 15 is 0 Å². The molecule has 1 spiro atoms. The summed E-state index contributed by atoms with van der Waals surface area (Å²) >= 11 is 6.23. The molecule has 1 aliphatic carbocycles. The second-order valence-electron chi connectivity index (χ2n) is 7.19. The van der Waals surface area contributed by atoms with Gasteiger partial charge in [0, 0.05) is 17.5 Å². The highest BCUT2D eigenvalue weighted by atomic mass is 35.5. The molecule has 0 N–H and O–H groups in total. The van der Waals surface area contributed by atoms with Crippen molar-refractivity contribution in [2.75, 3.05) is 20.2 Å². The summed E-state index contributed by atoms with van der Waals surface area (Å²) in [5, 5.41) is 0.521. The van der Waals surface area contributed by atoms with Crippen molar-refractivity contribution in [1.29, 1.82) is 0 Å². The fourth-order valence-electron chi connectivity index (χ4n) is 4.22. The minimum absolute atomic E-state index is 0.245. The van der Waals surface area contributed by atoms with Crippen LogP contribution in [0.15, 0.2) is 42.5 Å². The number of carbonyl (C=O) groups excluding carboxylic acids is 1. The van der Waals surface area contributed by atoms with Crippen LogP contribution in [0.3, 0.4) is 0 Å². The number of Topliss-reactive ketones (excluding diaryl/α,β-unsaturated/α-hetero) is 1. The van der Waals surface area contributed by atoms with Gasteiger partial charge in [-0.2, -0.15) is 0 Å². The molecule has 1 heterocycles. The fraction of sp³-hybridized carbons (Fsp3) is 0.381. The summed E-state index contributed by atoms with van der Waals surface area (Å²) in [6.45, 7) is 2.87. The first kappa shape index (κ1) is 16.6. The molecule has 4 heteroatoms. The van der Waals surface area contributed by atoms with Crippen LogP contribution in [0.2, 0.25) is 5.02 Å². The van der Waals surface area contributed by atoms with Crippen molar-refractivity contribution in [1.82, 2.24) is 4.90 Å². The number of nitrogens with zero attached hydrogens (tertiary/aromatic N) is 1. The van der Waals surface area contributed by atoms with E-state index in [9.17, 15) is 4.79 Å². The second-order valence-corrected chi connectivity index (χ2v) is 7.60. The number of hydrogen-bond donors (Lipinski definition) is 0. The Hall–Kier alpha value is -1.84. The number of piperidine rings is 1. The van der Waals surface area contributed by atoms with E-state index in [1.54, 1.807) is 13.2 Å². The SMILES string of the molecule is COc1cc2c(cc1Cl)C(=O)C1(CCN(Cc3ccccc3)CC1)C2. The van der Waals surface area contributed by atoms with Crippen molar-refractivity contribution in [3.05, 3.63) is 64.2 Å². The number of halogens is 1. The fourth-order valence-corrected chi connectivity index (χ4v) is 4.47. The molecule has 1 saturated heterocycles. The van der Waals surface area contributed by atoms with E-state index in [1.165, 1.54) is 5.56 Å². The maximum Gasteiger partial charge on any atom is 0.169 e. The van der Waals surface area contributed by atoms with Gasteiger partial charge in [0.2, 0.25) is 0 Å². The first-order valence-corrected chi connectivity index (χ1v) is 9.17. The molecule has 0 saturated carbocycles. The molecule has 2 aromatic carbocycles. The zero-order valence-electron chi connectivity index (χ0n) is 14.4. The lowest BCUT2D eigenvalue weighted by Gasteiger charge is -2.38. The lowest BCUT2D eigenvalue weighted by molar-refractivity contribution is 0.0623. The molecule has 2 aliphatic rings. The van der Waals surface area contributed by atoms with Crippen LogP contribution in [0.4, 0.5) is 0 Å². The lowest BCUT2D eigenvalue weighted by Crippen LogP contribution is -2.42. The summed E-state index contributed by atoms with van der Waals surface area (Å²) in [6.07, 6.45) is 2.63. The van der Waals surface area contributed by atoms with E-state index in [0.29, 0.717) is 10.8 Å². The summed E-state index contributed by atoms with van der Waals surface area (Å²) in [6, 6.07) is 14.3. The van der Waals surface area contributed by atoms with Crippen LogP contribution in [0.5, 0.6) is 5.75 Å². The van der Waals surface area contributed by atoms with Crippen LogP contribution >= 0.6 is 11.6 Å². The zero-order chi connectivity index (χ0) is 17.4. The first-order chi connectivity index (χ1) is 12.1. The standard InChI is InChI=1S/C21H22ClNO2/c1-25-19-11-16-13-21(20(24)17(16)12-18(19)22)7-9-23(10-8-21)14-15-5-3-2-4-6-15/h2-6,11-12H,7-10,13-14H2,1H3. The van der Waals surface area contributed by atoms with Crippen LogP contribution in [-0.2, 0) is 13.0 Å². The minimum atomic E-state index is -0.245. The van der Waals surface area contributed by atoms with Crippen LogP contribution in [0, 0.1) is 5.41 Å². The predicted molar refractivity (Wildman–Crippen MR) is 99.4 cm³/mol. The molecule has 0 aromatic heterocycles. The van der Waals surface area contributed by atoms with Gasteiger partial charge in [0.25, 0.3) is 0 Å². The topological polar surface area (TPSA) is 29.5 Å². The summed E-state index contributed by atoms with van der Waals surface area (Å²) in [5.41, 5.74) is 2.96. The molecule has 3 nitrogen and oxygen atoms in total. The smallest absolute Gasteiger partial charge is 0.169 e. The molecule has 25 heavy (non-hydrogen) atoms. The molecule has 130 valence electrons. The van der Waals surface area contributed by atoms with Crippen LogP contribution in [0.25, 0.3) is 0 Å². The second kappa shape index (κ2) is 6.47. The van der Waals surface area contributed by atoms with Gasteiger partial charge >= 0.3 is 0 Å². The molecule has 1 fully saturated rings. The molecule has 4 rings (SSSR count). The van der Waals surface area contributed by atoms with Crippen molar-refractivity contribution < 1.29 is 9.53 Å². The van der Waals surface area contributed by atoms with Gasteiger partial charge in [0.15, 0.2) is 5.78 Å². The Kier molecular flexibility index (Phi) is 4.30. The highest BCUT2D eigenvalue weighted by Crippen LogP contribution is 2.46. The highest BCUT2D eigenvalue weighted by Gasteiger charge is 2.47. The van der Waals surface area contributed by atoms with Gasteiger partial charge in [0.1, 0.15) is 5.75 Å². The molecule has 1 aliphatic heterocycles. The van der Waals surface area contributed by atoms with Gasteiger partial charge in [-0.1, -0.05) is 41.9 Å². The number of ether oxygens (including phenoxy) is 1. The van der Waals surface area contributed by atoms with Crippen molar-refractivity contribution >= 4 is 17.4 Å². The number of hydrogen-bond acceptors (Lipinski definition) is 3. The van der Waals surface area contributed by atoms with E-state index < -0.39 is 0 Å². The van der Waals surface area contributed by atoms with Gasteiger partial charge in [-0.15, -0.1) is 0 Å². The third-order valence-electron chi connectivity index (χ3n) is 5.69. The van der Waals surface area contributed by atoms with E-state index in [1.807, 2.05) is 12.1 Å². The normalized spacial score (nSPS) is 19.2. The Labute approximate surface area is 153 Å². The Bertz CT molecular complexity index is 795. The van der Waals surface area contributed by atoms with Gasteiger partial charge in [-0.25, -0.2) is 0 Å². The van der Waals surface area contributed by atoms with Gasteiger partial charge in [-0.05, 0) is 55.6 Å². The summed E-state index contributed by atoms with van der Waals surface area (Å²) in [7, 11) is 1.61. The average Bonchev–Trinajstić information content (AvgIpc) is 2.89. The highest BCUT2D eigenvalue weighted by molar-refractivity contribution is 6.32. The van der Waals surface area contributed by atoms with Crippen LogP contribution in [0.1, 0.15) is 34.3 Å². The van der Waals surface area contributed by atoms with E-state index in [0.717, 1.165) is 50.0 Å². The van der Waals surface area contributed by atoms with Crippen molar-refractivity contribution in [2.24, 2.45) is 5.41 Å². The number of fused-ring (bicyclic) bond motifs is 1. The van der Waals surface area contributed by atoms with Gasteiger partial charge in [-0.3, -0.25) is 9.69 Å². The number of ketones is 1. The maximum absolute atomic E-state index is 13.1. The monoisotopic (exact) mass is 355 g/mol. The van der Waals surface area contributed by atoms with Crippen molar-refractivity contribution in [3.63, 3.8) is 0 Å². The molecule has 0 amide bonds. The third kappa shape index (κ3) is 2.96. The number of methoxy groups -OCH3 is 1. The molecule has 0 atom stereocenters. The van der Waals surface area contributed by atoms with Gasteiger partial charge in [0.05, 0.1) is 12.1 Å². The lowest BCUT2D eigenvalue weighted by atomic mass is 9.75. The number of benzene rings is 2. The summed E-state index contributed by atoms with van der Waals surface area (Å²) in [5.74, 6) is 0.929. The van der Waals surface area contributed by atoms with E-state index in [2.05, 4.69) is 29.2 Å². The minimum Gasteiger partial charge on any atom is -0.495 e. The number of rotatable bonds is 3. The molecule has 2 aromatic rings. The molecular weight excluding hydrogens is 334 g/mol. The third-order valence-corrected chi connectivity index (χ3v) is 5.99. The van der Waals surface area contributed by atoms with E-state index in [4.69, 9.17) is 16.3 Å². The Balaban J connectivity index is 1.49. The molecular formula is C21H22ClNO2. The number of likely N-dealkylation sites (tertiary alicyclic amines) is 1. The Morgan fingerprint density at radius 3 is 2.56 bits per heavy atom. The average molecular weight is 356 g/mol. The van der Waals surface area contributed by atoms with Crippen LogP contribution < -0.4 is 4.74 Å². The van der Waals surface area contributed by atoms with Gasteiger partial charge < -0.3 is 4.74 Å². The molecule has 0 radical (unpaired) electrons. The number of carbonyl (C=O) groups is 1. The van der Waals surface area contributed by atoms with Crippen LogP contribution in [-0.4, -0.2) is 30.9 Å². The predicted octanol–water partition coefficient (Wildman–Crippen LogP) is 4.37. The summed E-state index contributed by atoms with van der Waals surface area (Å²) in [4.78, 5) is 15.5. The Morgan fingerprint density at radius 2 is 1.88 bits per heavy atom. The zero-order valence-corrected chi connectivity index (χ0v) is 15.2. The van der Waals surface area contributed by atoms with Crippen molar-refractivity contribution in [2.45, 2.75) is 25.8 Å². The maximum atomic E-state index is 13.1. The largest absolute Gasteiger partial charge is 0.495 e.